The third kappa shape index (κ3) is 2.18. The molecule has 2 aromatic heterocycles. The van der Waals surface area contributed by atoms with Gasteiger partial charge in [0.05, 0.1) is 12.1 Å². The van der Waals surface area contributed by atoms with Gasteiger partial charge in [-0.1, -0.05) is 0 Å². The van der Waals surface area contributed by atoms with Crippen molar-refractivity contribution in [3.63, 3.8) is 0 Å². The molecule has 0 saturated heterocycles. The van der Waals surface area contributed by atoms with Gasteiger partial charge < -0.3 is 0 Å². The zero-order valence-electron chi connectivity index (χ0n) is 11.1. The molecule has 0 atom stereocenters. The first-order valence-corrected chi connectivity index (χ1v) is 7.82. The molecular weight excluding hydrogens is 312 g/mol. The Bertz CT molecular complexity index is 886. The first-order valence-electron chi connectivity index (χ1n) is 6.19. The quantitative estimate of drug-likeness (QED) is 0.618. The summed E-state index contributed by atoms with van der Waals surface area (Å²) in [6.45, 7) is 14.1. The van der Waals surface area contributed by atoms with E-state index < -0.39 is 12.1 Å². The normalized spacial score (nSPS) is 10.5. The van der Waals surface area contributed by atoms with Crippen molar-refractivity contribution in [1.29, 1.82) is 10.5 Å². The molecule has 0 unspecified atom stereocenters. The van der Waals surface area contributed by atoms with Crippen molar-refractivity contribution in [3.8, 4) is 12.1 Å². The first kappa shape index (κ1) is 14.1. The maximum absolute atomic E-state index is 8.99. The standard InChI is InChI=1S/C16H6N4S2/c1-19-16(20-2)15-6-10-4-12-9(3-13(10)22-15)5-14(21-12)11(7-17)8-18/h3-6,11,16H. The van der Waals surface area contributed by atoms with E-state index in [1.807, 2.05) is 36.4 Å². The van der Waals surface area contributed by atoms with E-state index in [1.165, 1.54) is 22.7 Å². The third-order valence-corrected chi connectivity index (χ3v) is 5.54. The summed E-state index contributed by atoms with van der Waals surface area (Å²) in [6.07, 6.45) is -0.771. The maximum atomic E-state index is 8.99. The lowest BCUT2D eigenvalue weighted by molar-refractivity contribution is 1.11. The summed E-state index contributed by atoms with van der Waals surface area (Å²) in [6, 6.07) is 11.7. The van der Waals surface area contributed by atoms with Crippen molar-refractivity contribution in [1.82, 2.24) is 0 Å². The SMILES string of the molecule is [C-]#[N+]C([N+]#[C-])c1cc2cc3sc(C(C#N)C#N)cc3cc2s1. The van der Waals surface area contributed by atoms with Gasteiger partial charge in [0, 0.05) is 14.3 Å². The van der Waals surface area contributed by atoms with Crippen LogP contribution in [0.1, 0.15) is 21.8 Å². The summed E-state index contributed by atoms with van der Waals surface area (Å²) < 4.78 is 2.01. The second-order valence-corrected chi connectivity index (χ2v) is 6.78. The average molecular weight is 318 g/mol. The topological polar surface area (TPSA) is 56.3 Å². The minimum atomic E-state index is -0.771. The second kappa shape index (κ2) is 5.47. The van der Waals surface area contributed by atoms with Gasteiger partial charge in [0.15, 0.2) is 10.8 Å². The highest BCUT2D eigenvalue weighted by Gasteiger charge is 2.23. The number of hydrogen-bond acceptors (Lipinski definition) is 4. The van der Waals surface area contributed by atoms with Crippen molar-refractivity contribution in [2.24, 2.45) is 0 Å². The molecule has 0 amide bonds. The second-order valence-electron chi connectivity index (χ2n) is 4.55. The third-order valence-electron chi connectivity index (χ3n) is 3.24. The zero-order chi connectivity index (χ0) is 15.7. The van der Waals surface area contributed by atoms with Crippen LogP contribution in [0, 0.1) is 35.8 Å². The predicted molar refractivity (Wildman–Crippen MR) is 87.1 cm³/mol. The van der Waals surface area contributed by atoms with Crippen LogP contribution in [0.4, 0.5) is 0 Å². The van der Waals surface area contributed by atoms with E-state index in [0.29, 0.717) is 0 Å². The fourth-order valence-electron chi connectivity index (χ4n) is 2.19. The number of rotatable bonds is 2. The highest BCUT2D eigenvalue weighted by atomic mass is 32.1. The van der Waals surface area contributed by atoms with E-state index in [2.05, 4.69) is 9.69 Å². The Morgan fingerprint density at radius 2 is 1.36 bits per heavy atom. The minimum absolute atomic E-state index is 0.736. The van der Waals surface area contributed by atoms with E-state index in [9.17, 15) is 0 Å². The summed E-state index contributed by atoms with van der Waals surface area (Å²) in [5, 5.41) is 19.9. The van der Waals surface area contributed by atoms with Gasteiger partial charge in [-0.15, -0.1) is 22.7 Å². The molecule has 0 bridgehead atoms. The van der Waals surface area contributed by atoms with Gasteiger partial charge in [-0.05, 0) is 35.0 Å². The number of nitrogens with zero attached hydrogens (tertiary/aromatic N) is 4. The lowest BCUT2D eigenvalue weighted by Crippen LogP contribution is -1.85. The van der Waals surface area contributed by atoms with Crippen molar-refractivity contribution in [2.45, 2.75) is 12.1 Å². The molecule has 0 aliphatic carbocycles. The molecule has 1 aromatic carbocycles. The van der Waals surface area contributed by atoms with Crippen LogP contribution in [0.15, 0.2) is 24.3 Å². The Kier molecular flexibility index (Phi) is 3.50. The molecule has 0 radical (unpaired) electrons. The first-order chi connectivity index (χ1) is 10.7. The number of hydrogen-bond donors (Lipinski definition) is 0. The van der Waals surface area contributed by atoms with Crippen LogP contribution in [0.3, 0.4) is 0 Å². The van der Waals surface area contributed by atoms with Crippen LogP contribution in [-0.2, 0) is 0 Å². The summed E-state index contributed by atoms with van der Waals surface area (Å²) >= 11 is 2.88. The van der Waals surface area contributed by atoms with Gasteiger partial charge in [-0.25, -0.2) is 22.8 Å². The molecule has 6 heteroatoms. The van der Waals surface area contributed by atoms with Gasteiger partial charge in [-0.3, -0.25) is 0 Å². The highest BCUT2D eigenvalue weighted by Crippen LogP contribution is 2.38. The van der Waals surface area contributed by atoms with Crippen LogP contribution in [-0.4, -0.2) is 0 Å². The lowest BCUT2D eigenvalue weighted by Gasteiger charge is -1.90. The van der Waals surface area contributed by atoms with E-state index >= 15 is 0 Å². The van der Waals surface area contributed by atoms with Gasteiger partial charge in [0.1, 0.15) is 0 Å². The van der Waals surface area contributed by atoms with Crippen molar-refractivity contribution < 1.29 is 0 Å². The molecule has 0 fully saturated rings. The largest absolute Gasteiger partial charge is 0.511 e. The number of thiophene rings is 2. The van der Waals surface area contributed by atoms with Crippen molar-refractivity contribution >= 4 is 42.8 Å². The van der Waals surface area contributed by atoms with Gasteiger partial charge in [0.2, 0.25) is 0 Å². The fourth-order valence-corrected chi connectivity index (χ4v) is 4.35. The average Bonchev–Trinajstić information content (AvgIpc) is 3.10. The highest BCUT2D eigenvalue weighted by molar-refractivity contribution is 7.20. The molecule has 2 heterocycles. The van der Waals surface area contributed by atoms with Crippen molar-refractivity contribution in [2.75, 3.05) is 0 Å². The van der Waals surface area contributed by atoms with Crippen molar-refractivity contribution in [3.05, 3.63) is 56.9 Å². The van der Waals surface area contributed by atoms with Crippen LogP contribution < -0.4 is 0 Å². The molecule has 0 N–H and O–H groups in total. The zero-order valence-corrected chi connectivity index (χ0v) is 12.7. The monoisotopic (exact) mass is 318 g/mol. The molecule has 0 spiro atoms. The van der Waals surface area contributed by atoms with E-state index in [4.69, 9.17) is 23.7 Å². The number of benzene rings is 1. The Morgan fingerprint density at radius 1 is 0.864 bits per heavy atom. The van der Waals surface area contributed by atoms with Gasteiger partial charge >= 0.3 is 6.17 Å². The molecule has 0 aliphatic rings. The fraction of sp³-hybridized carbons (Fsp3) is 0.125. The van der Waals surface area contributed by atoms with Crippen LogP contribution in [0.5, 0.6) is 0 Å². The predicted octanol–water partition coefficient (Wildman–Crippen LogP) is 5.08. The summed E-state index contributed by atoms with van der Waals surface area (Å²) in [7, 11) is 0. The smallest absolute Gasteiger partial charge is 0.228 e. The molecule has 0 saturated carbocycles. The molecule has 0 aliphatic heterocycles. The van der Waals surface area contributed by atoms with Gasteiger partial charge in [0.25, 0.3) is 0 Å². The Morgan fingerprint density at radius 3 is 1.86 bits per heavy atom. The molecule has 3 rings (SSSR count). The number of nitriles is 2. The van der Waals surface area contributed by atoms with E-state index in [-0.39, 0.29) is 0 Å². The van der Waals surface area contributed by atoms with Crippen LogP contribution in [0.25, 0.3) is 29.9 Å². The summed E-state index contributed by atoms with van der Waals surface area (Å²) in [5.41, 5.74) is 0. The van der Waals surface area contributed by atoms with E-state index in [0.717, 1.165) is 29.9 Å². The minimum Gasteiger partial charge on any atom is -0.228 e. The van der Waals surface area contributed by atoms with Crippen LogP contribution in [0.2, 0.25) is 0 Å². The lowest BCUT2D eigenvalue weighted by atomic mass is 10.1. The van der Waals surface area contributed by atoms with Crippen LogP contribution >= 0.6 is 22.7 Å². The molecule has 3 aromatic rings. The Labute approximate surface area is 134 Å². The Hall–Kier alpha value is -2.90. The number of fused-ring (bicyclic) bond motifs is 2. The molecule has 22 heavy (non-hydrogen) atoms. The summed E-state index contributed by atoms with van der Waals surface area (Å²) in [5.74, 6) is -0.736. The molecule has 4 nitrogen and oxygen atoms in total. The molecular formula is C16H6N4S2. The van der Waals surface area contributed by atoms with E-state index in [1.54, 1.807) is 0 Å². The Balaban J connectivity index is 2.15. The van der Waals surface area contributed by atoms with Gasteiger partial charge in [-0.2, -0.15) is 10.5 Å². The molecule has 102 valence electrons. The maximum Gasteiger partial charge on any atom is 0.511 e. The summed E-state index contributed by atoms with van der Waals surface area (Å²) in [4.78, 5) is 8.15.